The Morgan fingerprint density at radius 2 is 2.20 bits per heavy atom. The van der Waals surface area contributed by atoms with Crippen LogP contribution < -0.4 is 5.73 Å². The maximum absolute atomic E-state index is 9.22. The fourth-order valence-electron chi connectivity index (χ4n) is 0.814. The molecule has 0 fully saturated rings. The molecule has 1 unspecified atom stereocenters. The van der Waals surface area contributed by atoms with Gasteiger partial charge in [0, 0.05) is 0 Å². The number of nitrogens with two attached hydrogens (primary N) is 1. The van der Waals surface area contributed by atoms with Crippen molar-refractivity contribution in [3.05, 3.63) is 23.8 Å². The van der Waals surface area contributed by atoms with Crippen LogP contribution in [0.2, 0.25) is 0 Å². The van der Waals surface area contributed by atoms with Crippen molar-refractivity contribution in [2.24, 2.45) is 0 Å². The average molecular weight is 199 g/mol. The van der Waals surface area contributed by atoms with E-state index >= 15 is 0 Å². The molecule has 0 bridgehead atoms. The van der Waals surface area contributed by atoms with Gasteiger partial charge in [0.1, 0.15) is 0 Å². The van der Waals surface area contributed by atoms with Gasteiger partial charge in [0.2, 0.25) is 0 Å². The minimum atomic E-state index is 0.310. The molecule has 0 spiro atoms. The summed E-state index contributed by atoms with van der Waals surface area (Å²) >= 11 is 1.55. The fourth-order valence-corrected chi connectivity index (χ4v) is 1.75. The van der Waals surface area contributed by atoms with Gasteiger partial charge in [-0.15, -0.1) is 0 Å². The van der Waals surface area contributed by atoms with Crippen molar-refractivity contribution in [1.29, 1.82) is 0 Å². The molecule has 0 saturated carbocycles. The van der Waals surface area contributed by atoms with E-state index in [1.165, 1.54) is 0 Å². The third-order valence-corrected chi connectivity index (χ3v) is 2.25. The van der Waals surface area contributed by atoms with E-state index in [2.05, 4.69) is 0 Å². The Morgan fingerprint density at radius 1 is 1.50 bits per heavy atom. The molecule has 1 rings (SSSR count). The number of phenolic OH excluding ortho intramolecular Hbond substituents is 1. The molecular formula is C7H10AsNO. The molecule has 0 amide bonds. The van der Waals surface area contributed by atoms with Gasteiger partial charge >= 0.3 is 68.1 Å². The van der Waals surface area contributed by atoms with E-state index in [-0.39, 0.29) is 0 Å². The molecule has 54 valence electrons. The standard InChI is InChI=1S/C7H10AsNO/c8-4-5-6(9)2-1-3-7(5)10/h1-3,10H,4,8-9H2. The van der Waals surface area contributed by atoms with Crippen LogP contribution in [0.5, 0.6) is 5.75 Å². The van der Waals surface area contributed by atoms with Crippen LogP contribution in [-0.2, 0) is 5.21 Å². The normalized spacial score (nSPS) is 9.70. The number of phenols is 1. The summed E-state index contributed by atoms with van der Waals surface area (Å²) < 4.78 is 0. The van der Waals surface area contributed by atoms with E-state index < -0.39 is 0 Å². The second kappa shape index (κ2) is 2.98. The molecule has 3 N–H and O–H groups in total. The first kappa shape index (κ1) is 7.49. The molecule has 0 aromatic heterocycles. The average Bonchev–Trinajstić information content (AvgIpc) is 1.88. The van der Waals surface area contributed by atoms with Gasteiger partial charge in [-0.05, 0) is 0 Å². The summed E-state index contributed by atoms with van der Waals surface area (Å²) in [7, 11) is 0. The van der Waals surface area contributed by atoms with Crippen molar-refractivity contribution < 1.29 is 5.11 Å². The van der Waals surface area contributed by atoms with Gasteiger partial charge in [-0.25, -0.2) is 0 Å². The molecule has 3 heteroatoms. The first-order chi connectivity index (χ1) is 4.75. The van der Waals surface area contributed by atoms with E-state index in [9.17, 15) is 5.11 Å². The minimum absolute atomic E-state index is 0.310. The molecule has 1 aromatic carbocycles. The topological polar surface area (TPSA) is 46.2 Å². The Bertz CT molecular complexity index is 217. The predicted molar refractivity (Wildman–Crippen MR) is 44.8 cm³/mol. The van der Waals surface area contributed by atoms with Crippen molar-refractivity contribution in [2.45, 2.75) is 5.21 Å². The van der Waals surface area contributed by atoms with Gasteiger partial charge in [-0.3, -0.25) is 0 Å². The number of anilines is 1. The number of aromatic hydroxyl groups is 1. The van der Waals surface area contributed by atoms with Crippen molar-refractivity contribution in [3.63, 3.8) is 0 Å². The summed E-state index contributed by atoms with van der Waals surface area (Å²) in [5.74, 6) is 0.310. The Balaban J connectivity index is 3.17. The Kier molecular flexibility index (Phi) is 2.23. The summed E-state index contributed by atoms with van der Waals surface area (Å²) in [4.78, 5) is 0. The van der Waals surface area contributed by atoms with Crippen LogP contribution in [0.1, 0.15) is 5.56 Å². The SMILES string of the molecule is Nc1cccc(O)c1C[AsH2]. The van der Waals surface area contributed by atoms with Crippen molar-refractivity contribution in [3.8, 4) is 5.75 Å². The number of hydrogen-bond acceptors (Lipinski definition) is 2. The second-order valence-electron chi connectivity index (χ2n) is 2.05. The van der Waals surface area contributed by atoms with Crippen LogP contribution >= 0.6 is 0 Å². The van der Waals surface area contributed by atoms with Crippen LogP contribution in [-0.4, -0.2) is 22.0 Å². The maximum atomic E-state index is 9.22. The number of benzene rings is 1. The van der Waals surface area contributed by atoms with Gasteiger partial charge in [0.05, 0.1) is 0 Å². The van der Waals surface area contributed by atoms with Crippen molar-refractivity contribution >= 4 is 22.5 Å². The molecule has 0 aliphatic carbocycles. The third-order valence-electron chi connectivity index (χ3n) is 1.39. The van der Waals surface area contributed by atoms with Crippen LogP contribution in [0.15, 0.2) is 18.2 Å². The number of nitrogen functional groups attached to an aromatic ring is 1. The first-order valence-corrected chi connectivity index (χ1v) is 4.73. The van der Waals surface area contributed by atoms with Gasteiger partial charge in [-0.1, -0.05) is 0 Å². The zero-order valence-corrected chi connectivity index (χ0v) is 7.96. The zero-order valence-electron chi connectivity index (χ0n) is 5.54. The molecule has 0 heterocycles. The molecule has 1 aromatic rings. The molecule has 0 aliphatic rings. The van der Waals surface area contributed by atoms with Gasteiger partial charge in [0.25, 0.3) is 0 Å². The van der Waals surface area contributed by atoms with Crippen molar-refractivity contribution in [2.75, 3.05) is 5.73 Å². The summed E-state index contributed by atoms with van der Waals surface area (Å²) in [5.41, 5.74) is 7.13. The first-order valence-electron chi connectivity index (χ1n) is 3.02. The molecule has 0 aliphatic heterocycles. The van der Waals surface area contributed by atoms with E-state index in [0.717, 1.165) is 10.8 Å². The number of hydrogen-bond donors (Lipinski definition) is 2. The Hall–Kier alpha value is -0.622. The number of rotatable bonds is 1. The second-order valence-corrected chi connectivity index (χ2v) is 2.91. The summed E-state index contributed by atoms with van der Waals surface area (Å²) in [6, 6.07) is 5.21. The Labute approximate surface area is 68.6 Å². The van der Waals surface area contributed by atoms with Gasteiger partial charge in [0.15, 0.2) is 0 Å². The van der Waals surface area contributed by atoms with Gasteiger partial charge in [-0.2, -0.15) is 0 Å². The summed E-state index contributed by atoms with van der Waals surface area (Å²) in [6.07, 6.45) is 0. The van der Waals surface area contributed by atoms with E-state index in [1.54, 1.807) is 35.1 Å². The van der Waals surface area contributed by atoms with Crippen LogP contribution in [0.4, 0.5) is 5.69 Å². The summed E-state index contributed by atoms with van der Waals surface area (Å²) in [6.45, 7) is 0. The molecule has 0 saturated heterocycles. The predicted octanol–water partition coefficient (Wildman–Crippen LogP) is 0.108. The quantitative estimate of drug-likeness (QED) is 0.498. The van der Waals surface area contributed by atoms with E-state index in [4.69, 9.17) is 5.73 Å². The third kappa shape index (κ3) is 1.27. The monoisotopic (exact) mass is 199 g/mol. The van der Waals surface area contributed by atoms with Crippen molar-refractivity contribution in [1.82, 2.24) is 0 Å². The molecular weight excluding hydrogens is 189 g/mol. The fraction of sp³-hybridized carbons (Fsp3) is 0.143. The zero-order chi connectivity index (χ0) is 7.56. The molecule has 0 radical (unpaired) electrons. The molecule has 2 nitrogen and oxygen atoms in total. The Morgan fingerprint density at radius 3 is 2.60 bits per heavy atom. The van der Waals surface area contributed by atoms with E-state index in [1.807, 2.05) is 0 Å². The molecule has 1 atom stereocenters. The van der Waals surface area contributed by atoms with E-state index in [0.29, 0.717) is 11.4 Å². The van der Waals surface area contributed by atoms with Crippen LogP contribution in [0.3, 0.4) is 0 Å². The summed E-state index contributed by atoms with van der Waals surface area (Å²) in [5, 5.41) is 10.1. The van der Waals surface area contributed by atoms with Crippen LogP contribution in [0.25, 0.3) is 0 Å². The molecule has 10 heavy (non-hydrogen) atoms. The van der Waals surface area contributed by atoms with Gasteiger partial charge < -0.3 is 0 Å². The van der Waals surface area contributed by atoms with Crippen LogP contribution in [0, 0.1) is 0 Å².